The van der Waals surface area contributed by atoms with Crippen LogP contribution in [0.15, 0.2) is 51.9 Å². The van der Waals surface area contributed by atoms with Gasteiger partial charge in [-0.1, -0.05) is 0 Å². The van der Waals surface area contributed by atoms with E-state index in [4.69, 9.17) is 4.42 Å². The highest BCUT2D eigenvalue weighted by atomic mass is 19.1. The molecule has 0 atom stereocenters. The van der Waals surface area contributed by atoms with E-state index in [0.29, 0.717) is 37.1 Å². The highest BCUT2D eigenvalue weighted by Gasteiger charge is 2.27. The van der Waals surface area contributed by atoms with Crippen LogP contribution >= 0.6 is 0 Å². The summed E-state index contributed by atoms with van der Waals surface area (Å²) in [5.74, 6) is 1.08. The number of aromatic nitrogens is 2. The van der Waals surface area contributed by atoms with Crippen LogP contribution < -0.4 is 10.5 Å². The number of hydrogen-bond acceptors (Lipinski definition) is 5. The number of hydrogen-bond donors (Lipinski definition) is 0. The lowest BCUT2D eigenvalue weighted by Gasteiger charge is -2.38. The molecule has 0 fully saturated rings. The number of benzene rings is 1. The standard InChI is InChI=1S/C19H19FN4O2/c1-13-14(2)21-19-23(16-7-5-15(20)6-8-16)11-22(12-24(19)18(13)25)10-17-4-3-9-26-17/h3-9H,10-12H2,1-2H3. The average molecular weight is 354 g/mol. The fourth-order valence-corrected chi connectivity index (χ4v) is 3.12. The van der Waals surface area contributed by atoms with Crippen molar-refractivity contribution in [1.29, 1.82) is 0 Å². The topological polar surface area (TPSA) is 54.5 Å². The van der Waals surface area contributed by atoms with E-state index in [-0.39, 0.29) is 11.4 Å². The van der Waals surface area contributed by atoms with Gasteiger partial charge >= 0.3 is 0 Å². The summed E-state index contributed by atoms with van der Waals surface area (Å²) in [6, 6.07) is 9.94. The Hall–Kier alpha value is -2.93. The fourth-order valence-electron chi connectivity index (χ4n) is 3.12. The maximum absolute atomic E-state index is 13.3. The molecule has 134 valence electrons. The molecule has 3 aromatic rings. The van der Waals surface area contributed by atoms with Crippen molar-refractivity contribution in [1.82, 2.24) is 14.5 Å². The molecule has 1 aliphatic heterocycles. The van der Waals surface area contributed by atoms with Crippen molar-refractivity contribution >= 4 is 11.6 Å². The molecule has 0 aliphatic carbocycles. The molecular formula is C19H19FN4O2. The highest BCUT2D eigenvalue weighted by molar-refractivity contribution is 5.58. The Morgan fingerprint density at radius 2 is 1.92 bits per heavy atom. The third kappa shape index (κ3) is 2.90. The minimum atomic E-state index is -0.302. The molecule has 0 saturated heterocycles. The van der Waals surface area contributed by atoms with Crippen LogP contribution in [0.25, 0.3) is 0 Å². The van der Waals surface area contributed by atoms with Crippen LogP contribution in [0.4, 0.5) is 16.0 Å². The Balaban J connectivity index is 1.79. The third-order valence-electron chi connectivity index (χ3n) is 4.64. The molecule has 0 unspecified atom stereocenters. The molecule has 7 heteroatoms. The number of fused-ring (bicyclic) bond motifs is 1. The molecule has 6 nitrogen and oxygen atoms in total. The van der Waals surface area contributed by atoms with E-state index in [1.54, 1.807) is 29.9 Å². The highest BCUT2D eigenvalue weighted by Crippen LogP contribution is 2.28. The number of furan rings is 1. The van der Waals surface area contributed by atoms with E-state index >= 15 is 0 Å². The minimum absolute atomic E-state index is 0.0660. The molecule has 4 rings (SSSR count). The van der Waals surface area contributed by atoms with E-state index in [1.807, 2.05) is 24.0 Å². The Kier molecular flexibility index (Phi) is 4.08. The van der Waals surface area contributed by atoms with Gasteiger partial charge in [-0.25, -0.2) is 9.37 Å². The first-order chi connectivity index (χ1) is 12.5. The normalized spacial score (nSPS) is 14.5. The number of nitrogens with zero attached hydrogens (tertiary/aromatic N) is 4. The van der Waals surface area contributed by atoms with E-state index in [9.17, 15) is 9.18 Å². The first-order valence-electron chi connectivity index (χ1n) is 8.39. The first kappa shape index (κ1) is 16.5. The monoisotopic (exact) mass is 354 g/mol. The quantitative estimate of drug-likeness (QED) is 0.723. The molecule has 0 radical (unpaired) electrons. The van der Waals surface area contributed by atoms with Gasteiger partial charge in [0.2, 0.25) is 5.95 Å². The number of halogens is 1. The van der Waals surface area contributed by atoms with Crippen LogP contribution in [0.1, 0.15) is 17.0 Å². The van der Waals surface area contributed by atoms with Gasteiger partial charge in [-0.05, 0) is 50.2 Å². The number of aryl methyl sites for hydroxylation is 1. The van der Waals surface area contributed by atoms with Gasteiger partial charge in [-0.3, -0.25) is 19.2 Å². The summed E-state index contributed by atoms with van der Waals surface area (Å²) in [5.41, 5.74) is 2.05. The van der Waals surface area contributed by atoms with Crippen molar-refractivity contribution in [3.63, 3.8) is 0 Å². The lowest BCUT2D eigenvalue weighted by atomic mass is 10.2. The van der Waals surface area contributed by atoms with Crippen LogP contribution in [0, 0.1) is 19.7 Å². The van der Waals surface area contributed by atoms with Crippen LogP contribution in [0.2, 0.25) is 0 Å². The number of anilines is 2. The SMILES string of the molecule is Cc1nc2n(c(=O)c1C)CN(Cc1ccco1)CN2c1ccc(F)cc1. The van der Waals surface area contributed by atoms with Crippen molar-refractivity contribution in [2.24, 2.45) is 0 Å². The molecule has 0 bridgehead atoms. The zero-order valence-corrected chi connectivity index (χ0v) is 14.6. The van der Waals surface area contributed by atoms with Crippen LogP contribution in [-0.4, -0.2) is 21.1 Å². The Morgan fingerprint density at radius 1 is 1.15 bits per heavy atom. The van der Waals surface area contributed by atoms with Crippen LogP contribution in [0.3, 0.4) is 0 Å². The van der Waals surface area contributed by atoms with Gasteiger partial charge in [0.15, 0.2) is 0 Å². The molecule has 1 aromatic carbocycles. The Morgan fingerprint density at radius 3 is 2.62 bits per heavy atom. The van der Waals surface area contributed by atoms with Gasteiger partial charge in [0, 0.05) is 16.9 Å². The van der Waals surface area contributed by atoms with Gasteiger partial charge in [0.1, 0.15) is 11.6 Å². The predicted molar refractivity (Wildman–Crippen MR) is 95.6 cm³/mol. The maximum atomic E-state index is 13.3. The summed E-state index contributed by atoms with van der Waals surface area (Å²) >= 11 is 0. The lowest BCUT2D eigenvalue weighted by molar-refractivity contribution is 0.176. The largest absolute Gasteiger partial charge is 0.468 e. The van der Waals surface area contributed by atoms with Crippen molar-refractivity contribution in [2.75, 3.05) is 11.6 Å². The Labute approximate surface area is 150 Å². The van der Waals surface area contributed by atoms with Gasteiger partial charge in [0.25, 0.3) is 5.56 Å². The molecule has 0 saturated carbocycles. The van der Waals surface area contributed by atoms with Crippen molar-refractivity contribution < 1.29 is 8.81 Å². The van der Waals surface area contributed by atoms with E-state index in [2.05, 4.69) is 9.88 Å². The van der Waals surface area contributed by atoms with Crippen LogP contribution in [0.5, 0.6) is 0 Å². The van der Waals surface area contributed by atoms with Gasteiger partial charge in [0.05, 0.1) is 26.1 Å². The third-order valence-corrected chi connectivity index (χ3v) is 4.64. The van der Waals surface area contributed by atoms with Crippen molar-refractivity contribution in [3.05, 3.63) is 75.9 Å². The lowest BCUT2D eigenvalue weighted by Crippen LogP contribution is -2.47. The summed E-state index contributed by atoms with van der Waals surface area (Å²) in [7, 11) is 0. The summed E-state index contributed by atoms with van der Waals surface area (Å²) in [6.45, 7) is 5.10. The minimum Gasteiger partial charge on any atom is -0.468 e. The van der Waals surface area contributed by atoms with Gasteiger partial charge in [-0.2, -0.15) is 0 Å². The van der Waals surface area contributed by atoms with Crippen molar-refractivity contribution in [2.45, 2.75) is 27.1 Å². The average Bonchev–Trinajstić information content (AvgIpc) is 3.14. The first-order valence-corrected chi connectivity index (χ1v) is 8.39. The van der Waals surface area contributed by atoms with Gasteiger partial charge in [-0.15, -0.1) is 0 Å². The van der Waals surface area contributed by atoms with Gasteiger partial charge < -0.3 is 4.42 Å². The second-order valence-electron chi connectivity index (χ2n) is 6.45. The number of rotatable bonds is 3. The fraction of sp³-hybridized carbons (Fsp3) is 0.263. The van der Waals surface area contributed by atoms with E-state index in [1.165, 1.54) is 12.1 Å². The summed E-state index contributed by atoms with van der Waals surface area (Å²) < 4.78 is 20.4. The summed E-state index contributed by atoms with van der Waals surface area (Å²) in [5, 5.41) is 0. The molecule has 0 spiro atoms. The summed E-state index contributed by atoms with van der Waals surface area (Å²) in [4.78, 5) is 21.4. The molecule has 3 heterocycles. The van der Waals surface area contributed by atoms with E-state index in [0.717, 1.165) is 11.4 Å². The molecular weight excluding hydrogens is 335 g/mol. The van der Waals surface area contributed by atoms with Crippen molar-refractivity contribution in [3.8, 4) is 0 Å². The molecule has 1 aliphatic rings. The summed E-state index contributed by atoms with van der Waals surface area (Å²) in [6.07, 6.45) is 1.63. The second kappa shape index (κ2) is 6.42. The maximum Gasteiger partial charge on any atom is 0.259 e. The zero-order valence-electron chi connectivity index (χ0n) is 14.6. The predicted octanol–water partition coefficient (Wildman–Crippen LogP) is 3.16. The van der Waals surface area contributed by atoms with Crippen LogP contribution in [-0.2, 0) is 13.2 Å². The molecule has 0 amide bonds. The smallest absolute Gasteiger partial charge is 0.259 e. The molecule has 0 N–H and O–H groups in total. The Bertz CT molecular complexity index is 980. The van der Waals surface area contributed by atoms with E-state index < -0.39 is 0 Å². The molecule has 2 aromatic heterocycles. The molecule has 26 heavy (non-hydrogen) atoms. The zero-order chi connectivity index (χ0) is 18.3. The second-order valence-corrected chi connectivity index (χ2v) is 6.45.